The van der Waals surface area contributed by atoms with Crippen LogP contribution in [0.1, 0.15) is 47.5 Å². The summed E-state index contributed by atoms with van der Waals surface area (Å²) in [5.74, 6) is 0.814. The van der Waals surface area contributed by atoms with Crippen LogP contribution in [0.2, 0.25) is 0 Å². The van der Waals surface area contributed by atoms with Gasteiger partial charge in [0.1, 0.15) is 0 Å². The largest absolute Gasteiger partial charge is 0.373 e. The minimum atomic E-state index is 0.0293. The highest BCUT2D eigenvalue weighted by atomic mass is 16.5. The Morgan fingerprint density at radius 3 is 2.56 bits per heavy atom. The third-order valence-corrected chi connectivity index (χ3v) is 3.60. The average Bonchev–Trinajstić information content (AvgIpc) is 2.25. The molecular weight excluding hydrogens is 224 g/mol. The molecule has 1 saturated heterocycles. The van der Waals surface area contributed by atoms with Gasteiger partial charge >= 0.3 is 0 Å². The lowest BCUT2D eigenvalue weighted by Crippen LogP contribution is -2.50. The molecule has 1 fully saturated rings. The molecule has 0 bridgehead atoms. The molecule has 108 valence electrons. The van der Waals surface area contributed by atoms with Crippen LogP contribution < -0.4 is 5.32 Å². The maximum absolute atomic E-state index is 5.73. The number of nitrogens with zero attached hydrogens (tertiary/aromatic N) is 1. The van der Waals surface area contributed by atoms with E-state index in [1.165, 1.54) is 12.8 Å². The summed E-state index contributed by atoms with van der Waals surface area (Å²) < 4.78 is 5.73. The molecule has 1 aliphatic heterocycles. The molecule has 0 spiro atoms. The summed E-state index contributed by atoms with van der Waals surface area (Å²) in [6.45, 7) is 16.5. The van der Waals surface area contributed by atoms with E-state index in [1.807, 2.05) is 0 Å². The predicted octanol–water partition coefficient (Wildman–Crippen LogP) is 2.51. The van der Waals surface area contributed by atoms with Crippen LogP contribution in [0.5, 0.6) is 0 Å². The van der Waals surface area contributed by atoms with E-state index in [-0.39, 0.29) is 5.60 Å². The smallest absolute Gasteiger partial charge is 0.0753 e. The fourth-order valence-electron chi connectivity index (χ4n) is 2.46. The standard InChI is InChI=1S/C15H32N2O/c1-13(2)6-7-14(3)16-8-9-17-10-11-18-15(4,5)12-17/h13-14,16H,6-12H2,1-5H3. The van der Waals surface area contributed by atoms with Crippen molar-refractivity contribution in [3.05, 3.63) is 0 Å². The normalized spacial score (nSPS) is 22.3. The van der Waals surface area contributed by atoms with Gasteiger partial charge in [-0.1, -0.05) is 13.8 Å². The second-order valence-electron chi connectivity index (χ2n) is 6.71. The predicted molar refractivity (Wildman–Crippen MR) is 78.0 cm³/mol. The number of nitrogens with one attached hydrogen (secondary N) is 1. The summed E-state index contributed by atoms with van der Waals surface area (Å²) in [4.78, 5) is 2.51. The van der Waals surface area contributed by atoms with E-state index in [1.54, 1.807) is 0 Å². The lowest BCUT2D eigenvalue weighted by molar-refractivity contribution is -0.0855. The molecule has 0 aromatic heterocycles. The number of ether oxygens (including phenoxy) is 1. The van der Waals surface area contributed by atoms with E-state index in [4.69, 9.17) is 4.74 Å². The van der Waals surface area contributed by atoms with Crippen molar-refractivity contribution in [3.8, 4) is 0 Å². The number of hydrogen-bond donors (Lipinski definition) is 1. The summed E-state index contributed by atoms with van der Waals surface area (Å²) >= 11 is 0. The number of morpholine rings is 1. The Hall–Kier alpha value is -0.120. The van der Waals surface area contributed by atoms with Gasteiger partial charge in [0.25, 0.3) is 0 Å². The first-order valence-electron chi connectivity index (χ1n) is 7.49. The highest BCUT2D eigenvalue weighted by molar-refractivity contribution is 4.79. The third-order valence-electron chi connectivity index (χ3n) is 3.60. The Morgan fingerprint density at radius 1 is 1.22 bits per heavy atom. The van der Waals surface area contributed by atoms with E-state index < -0.39 is 0 Å². The quantitative estimate of drug-likeness (QED) is 0.757. The molecule has 1 N–H and O–H groups in total. The van der Waals surface area contributed by atoms with Gasteiger partial charge in [0, 0.05) is 32.2 Å². The van der Waals surface area contributed by atoms with E-state index in [9.17, 15) is 0 Å². The first-order chi connectivity index (χ1) is 8.39. The van der Waals surface area contributed by atoms with Crippen LogP contribution in [0.3, 0.4) is 0 Å². The molecule has 1 atom stereocenters. The molecule has 3 nitrogen and oxygen atoms in total. The van der Waals surface area contributed by atoms with Crippen molar-refractivity contribution >= 4 is 0 Å². The maximum atomic E-state index is 5.73. The van der Waals surface area contributed by atoms with Gasteiger partial charge in [-0.15, -0.1) is 0 Å². The van der Waals surface area contributed by atoms with Crippen LogP contribution in [0.15, 0.2) is 0 Å². The average molecular weight is 256 g/mol. The molecule has 18 heavy (non-hydrogen) atoms. The lowest BCUT2D eigenvalue weighted by Gasteiger charge is -2.38. The minimum absolute atomic E-state index is 0.0293. The second-order valence-corrected chi connectivity index (χ2v) is 6.71. The second kappa shape index (κ2) is 7.46. The Balaban J connectivity index is 2.10. The van der Waals surface area contributed by atoms with Crippen molar-refractivity contribution < 1.29 is 4.74 Å². The van der Waals surface area contributed by atoms with Crippen LogP contribution in [0.4, 0.5) is 0 Å². The molecule has 0 radical (unpaired) electrons. The molecule has 1 aliphatic rings. The zero-order chi connectivity index (χ0) is 13.6. The summed E-state index contributed by atoms with van der Waals surface area (Å²) in [7, 11) is 0. The highest BCUT2D eigenvalue weighted by Gasteiger charge is 2.26. The van der Waals surface area contributed by atoms with E-state index in [0.717, 1.165) is 38.7 Å². The van der Waals surface area contributed by atoms with Gasteiger partial charge in [-0.25, -0.2) is 0 Å². The molecule has 1 rings (SSSR count). The van der Waals surface area contributed by atoms with Crippen molar-refractivity contribution in [1.29, 1.82) is 0 Å². The van der Waals surface area contributed by atoms with Crippen molar-refractivity contribution in [2.75, 3.05) is 32.8 Å². The molecule has 0 aromatic carbocycles. The number of hydrogen-bond acceptors (Lipinski definition) is 3. The summed E-state index contributed by atoms with van der Waals surface area (Å²) in [6, 6.07) is 0.640. The molecule has 3 heteroatoms. The molecule has 0 saturated carbocycles. The van der Waals surface area contributed by atoms with Crippen LogP contribution >= 0.6 is 0 Å². The van der Waals surface area contributed by atoms with Crippen LogP contribution in [0, 0.1) is 5.92 Å². The minimum Gasteiger partial charge on any atom is -0.373 e. The van der Waals surface area contributed by atoms with Crippen LogP contribution in [-0.2, 0) is 4.74 Å². The first-order valence-corrected chi connectivity index (χ1v) is 7.49. The third kappa shape index (κ3) is 6.72. The van der Waals surface area contributed by atoms with Gasteiger partial charge in [-0.2, -0.15) is 0 Å². The maximum Gasteiger partial charge on any atom is 0.0753 e. The fourth-order valence-corrected chi connectivity index (χ4v) is 2.46. The Bertz CT molecular complexity index is 229. The molecular formula is C15H32N2O. The van der Waals surface area contributed by atoms with Gasteiger partial charge in [-0.3, -0.25) is 4.90 Å². The van der Waals surface area contributed by atoms with Crippen molar-refractivity contribution in [2.45, 2.75) is 59.1 Å². The van der Waals surface area contributed by atoms with E-state index in [2.05, 4.69) is 44.8 Å². The van der Waals surface area contributed by atoms with Gasteiger partial charge in [-0.05, 0) is 39.5 Å². The summed E-state index contributed by atoms with van der Waals surface area (Å²) in [5.41, 5.74) is 0.0293. The Labute approximate surface area is 113 Å². The summed E-state index contributed by atoms with van der Waals surface area (Å²) in [5, 5.41) is 3.63. The van der Waals surface area contributed by atoms with Crippen LogP contribution in [0.25, 0.3) is 0 Å². The van der Waals surface area contributed by atoms with Crippen molar-refractivity contribution in [1.82, 2.24) is 10.2 Å². The van der Waals surface area contributed by atoms with Gasteiger partial charge in [0.15, 0.2) is 0 Å². The van der Waals surface area contributed by atoms with Gasteiger partial charge in [0.2, 0.25) is 0 Å². The van der Waals surface area contributed by atoms with Crippen molar-refractivity contribution in [2.24, 2.45) is 5.92 Å². The fraction of sp³-hybridized carbons (Fsp3) is 1.00. The topological polar surface area (TPSA) is 24.5 Å². The zero-order valence-corrected chi connectivity index (χ0v) is 13.0. The Kier molecular flexibility index (Phi) is 6.61. The molecule has 0 aliphatic carbocycles. The molecule has 1 unspecified atom stereocenters. The zero-order valence-electron chi connectivity index (χ0n) is 13.0. The summed E-state index contributed by atoms with van der Waals surface area (Å²) in [6.07, 6.45) is 2.60. The monoisotopic (exact) mass is 256 g/mol. The first kappa shape index (κ1) is 15.9. The SMILES string of the molecule is CC(C)CCC(C)NCCN1CCOC(C)(C)C1. The lowest BCUT2D eigenvalue weighted by atomic mass is 10.0. The van der Waals surface area contributed by atoms with Crippen LogP contribution in [-0.4, -0.2) is 49.3 Å². The number of rotatable bonds is 7. The molecule has 0 aromatic rings. The highest BCUT2D eigenvalue weighted by Crippen LogP contribution is 2.15. The van der Waals surface area contributed by atoms with Crippen molar-refractivity contribution in [3.63, 3.8) is 0 Å². The van der Waals surface area contributed by atoms with E-state index in [0.29, 0.717) is 6.04 Å². The van der Waals surface area contributed by atoms with Gasteiger partial charge < -0.3 is 10.1 Å². The van der Waals surface area contributed by atoms with Gasteiger partial charge in [0.05, 0.1) is 12.2 Å². The van der Waals surface area contributed by atoms with E-state index >= 15 is 0 Å². The molecule has 0 amide bonds. The molecule has 1 heterocycles. The Morgan fingerprint density at radius 2 is 1.94 bits per heavy atom.